The molecule has 10 nitrogen and oxygen atoms in total. The van der Waals surface area contributed by atoms with Crippen molar-refractivity contribution in [2.75, 3.05) is 12.4 Å². The van der Waals surface area contributed by atoms with E-state index in [0.717, 1.165) is 19.3 Å². The number of benzene rings is 2. The van der Waals surface area contributed by atoms with Crippen molar-refractivity contribution in [3.8, 4) is 22.8 Å². The molecule has 2 atom stereocenters. The van der Waals surface area contributed by atoms with Gasteiger partial charge in [0.1, 0.15) is 28.4 Å². The number of hydrogen-bond acceptors (Lipinski definition) is 8. The standard InChI is InChI=1S/C33H36F3N3O7/c1-32(2,3)45-30(40)23-9-7-10-25(29(23)42-4)37-31(41)39-19-14-20(39)16-21(15-19)43-17-24-27(38-46-28(24)18-12-13-18)22-8-5-6-11-26(22)44-33(34,35)36/h5-11,18-21H,12-17H2,1-4H3,(H,37,41). The predicted octanol–water partition coefficient (Wildman–Crippen LogP) is 7.44. The molecule has 1 N–H and O–H groups in total. The lowest BCUT2D eigenvalue weighted by Gasteiger charge is -2.54. The Kier molecular flexibility index (Phi) is 8.38. The molecule has 2 unspecified atom stereocenters. The Hall–Kier alpha value is -4.26. The third kappa shape index (κ3) is 6.79. The third-order valence-electron chi connectivity index (χ3n) is 8.31. The molecule has 0 spiro atoms. The lowest BCUT2D eigenvalue weighted by atomic mass is 9.78. The molecule has 2 bridgehead atoms. The SMILES string of the molecule is COc1c(NC(=O)N2C3CC(OCc4c(-c5ccccc5OC(F)(F)F)noc4C4CC4)CC2C3)cccc1C(=O)OC(C)(C)C. The van der Waals surface area contributed by atoms with Gasteiger partial charge < -0.3 is 33.7 Å². The van der Waals surface area contributed by atoms with Crippen molar-refractivity contribution in [1.29, 1.82) is 0 Å². The maximum absolute atomic E-state index is 13.4. The summed E-state index contributed by atoms with van der Waals surface area (Å²) in [4.78, 5) is 27.9. The lowest BCUT2D eigenvalue weighted by molar-refractivity contribution is -0.274. The summed E-state index contributed by atoms with van der Waals surface area (Å²) in [6, 6.07) is 10.3. The van der Waals surface area contributed by atoms with Crippen LogP contribution in [0.4, 0.5) is 23.7 Å². The van der Waals surface area contributed by atoms with Gasteiger partial charge in [-0.15, -0.1) is 13.2 Å². The Morgan fingerprint density at radius 2 is 1.74 bits per heavy atom. The molecular formula is C33H36F3N3O7. The maximum Gasteiger partial charge on any atom is 0.573 e. The zero-order chi connectivity index (χ0) is 32.8. The number of amides is 2. The van der Waals surface area contributed by atoms with Crippen LogP contribution in [0.3, 0.4) is 0 Å². The Morgan fingerprint density at radius 1 is 1.02 bits per heavy atom. The molecule has 1 aromatic heterocycles. The van der Waals surface area contributed by atoms with Crippen molar-refractivity contribution in [3.05, 3.63) is 59.4 Å². The zero-order valence-electron chi connectivity index (χ0n) is 26.0. The fourth-order valence-corrected chi connectivity index (χ4v) is 6.24. The summed E-state index contributed by atoms with van der Waals surface area (Å²) in [5.74, 6) is 0.0796. The number of alkyl halides is 3. The Labute approximate surface area is 264 Å². The number of rotatable bonds is 9. The number of methoxy groups -OCH3 is 1. The van der Waals surface area contributed by atoms with Gasteiger partial charge in [-0.1, -0.05) is 23.4 Å². The van der Waals surface area contributed by atoms with Gasteiger partial charge in [-0.2, -0.15) is 0 Å². The number of nitrogens with zero attached hydrogens (tertiary/aromatic N) is 2. The van der Waals surface area contributed by atoms with Crippen LogP contribution in [0.15, 0.2) is 47.0 Å². The van der Waals surface area contributed by atoms with Crippen LogP contribution in [0, 0.1) is 0 Å². The first-order valence-electron chi connectivity index (χ1n) is 15.3. The van der Waals surface area contributed by atoms with E-state index in [4.69, 9.17) is 18.7 Å². The second-order valence-corrected chi connectivity index (χ2v) is 12.9. The molecule has 3 heterocycles. The number of carbonyl (C=O) groups is 2. The molecule has 2 aliphatic carbocycles. The van der Waals surface area contributed by atoms with Crippen molar-refractivity contribution >= 4 is 17.7 Å². The van der Waals surface area contributed by atoms with E-state index in [1.807, 2.05) is 0 Å². The van der Waals surface area contributed by atoms with Crippen molar-refractivity contribution in [1.82, 2.24) is 10.1 Å². The summed E-state index contributed by atoms with van der Waals surface area (Å²) in [6.07, 6.45) is -1.20. The van der Waals surface area contributed by atoms with Gasteiger partial charge in [-0.3, -0.25) is 0 Å². The fourth-order valence-electron chi connectivity index (χ4n) is 6.24. The average Bonchev–Trinajstić information content (AvgIpc) is 3.73. The highest BCUT2D eigenvalue weighted by Crippen LogP contribution is 2.47. The first kappa shape index (κ1) is 31.7. The smallest absolute Gasteiger partial charge is 0.494 e. The molecule has 2 aromatic carbocycles. The van der Waals surface area contributed by atoms with E-state index in [1.54, 1.807) is 49.9 Å². The molecule has 2 aliphatic heterocycles. The quantitative estimate of drug-likeness (QED) is 0.240. The number of piperidine rings is 1. The van der Waals surface area contributed by atoms with Crippen LogP contribution < -0.4 is 14.8 Å². The molecule has 2 amide bonds. The Morgan fingerprint density at radius 3 is 2.39 bits per heavy atom. The summed E-state index contributed by atoms with van der Waals surface area (Å²) in [6.45, 7) is 5.42. The fraction of sp³-hybridized carbons (Fsp3) is 0.485. The molecule has 13 heteroatoms. The minimum atomic E-state index is -4.86. The maximum atomic E-state index is 13.4. The van der Waals surface area contributed by atoms with Crippen LogP contribution >= 0.6 is 0 Å². The van der Waals surface area contributed by atoms with Gasteiger partial charge in [0.2, 0.25) is 0 Å². The summed E-state index contributed by atoms with van der Waals surface area (Å²) >= 11 is 0. The number of ether oxygens (including phenoxy) is 4. The summed E-state index contributed by atoms with van der Waals surface area (Å²) in [5, 5.41) is 7.04. The molecule has 2 saturated carbocycles. The number of nitrogens with one attached hydrogen (secondary N) is 1. The normalized spacial score (nSPS) is 20.9. The monoisotopic (exact) mass is 643 g/mol. The van der Waals surface area contributed by atoms with Gasteiger partial charge >= 0.3 is 18.4 Å². The lowest BCUT2D eigenvalue weighted by Crippen LogP contribution is -2.65. The molecular weight excluding hydrogens is 607 g/mol. The van der Waals surface area contributed by atoms with E-state index in [1.165, 1.54) is 25.3 Å². The first-order valence-corrected chi connectivity index (χ1v) is 15.3. The van der Waals surface area contributed by atoms with Gasteiger partial charge in [0.15, 0.2) is 5.75 Å². The zero-order valence-corrected chi connectivity index (χ0v) is 26.0. The number of carbonyl (C=O) groups excluding carboxylic acids is 2. The van der Waals surface area contributed by atoms with Crippen LogP contribution in [0.5, 0.6) is 11.5 Å². The molecule has 4 fully saturated rings. The van der Waals surface area contributed by atoms with E-state index in [2.05, 4.69) is 15.2 Å². The number of hydrogen-bond donors (Lipinski definition) is 1. The number of fused-ring (bicyclic) bond motifs is 2. The largest absolute Gasteiger partial charge is 0.573 e. The second-order valence-electron chi connectivity index (χ2n) is 12.9. The van der Waals surface area contributed by atoms with Gasteiger partial charge in [0.25, 0.3) is 0 Å². The van der Waals surface area contributed by atoms with Crippen molar-refractivity contribution in [2.45, 2.75) is 95.6 Å². The highest BCUT2D eigenvalue weighted by Gasteiger charge is 2.48. The van der Waals surface area contributed by atoms with Crippen LogP contribution in [-0.2, 0) is 16.1 Å². The summed E-state index contributed by atoms with van der Waals surface area (Å²) in [5.41, 5.74) is 0.929. The first-order chi connectivity index (χ1) is 21.8. The number of para-hydroxylation sites is 2. The Balaban J connectivity index is 1.12. The minimum Gasteiger partial charge on any atom is -0.494 e. The third-order valence-corrected chi connectivity index (χ3v) is 8.31. The van der Waals surface area contributed by atoms with E-state index in [-0.39, 0.29) is 65.1 Å². The molecule has 3 aromatic rings. The minimum absolute atomic E-state index is 0.0606. The Bertz CT molecular complexity index is 1600. The van der Waals surface area contributed by atoms with Crippen LogP contribution in [0.1, 0.15) is 80.5 Å². The number of halogens is 3. The number of esters is 1. The van der Waals surface area contributed by atoms with Crippen molar-refractivity contribution in [3.63, 3.8) is 0 Å². The number of anilines is 1. The second kappa shape index (κ2) is 12.2. The van der Waals surface area contributed by atoms with Crippen molar-refractivity contribution < 1.29 is 46.2 Å². The van der Waals surface area contributed by atoms with Gasteiger partial charge in [0.05, 0.1) is 25.5 Å². The van der Waals surface area contributed by atoms with E-state index >= 15 is 0 Å². The molecule has 0 radical (unpaired) electrons. The van der Waals surface area contributed by atoms with Gasteiger partial charge in [0, 0.05) is 29.1 Å². The number of urea groups is 1. The molecule has 7 rings (SSSR count). The highest BCUT2D eigenvalue weighted by atomic mass is 19.4. The summed E-state index contributed by atoms with van der Waals surface area (Å²) in [7, 11) is 1.43. The number of aromatic nitrogens is 1. The van der Waals surface area contributed by atoms with Crippen LogP contribution in [0.25, 0.3) is 11.3 Å². The van der Waals surface area contributed by atoms with E-state index in [9.17, 15) is 22.8 Å². The van der Waals surface area contributed by atoms with Gasteiger partial charge in [-0.05, 0) is 77.1 Å². The highest BCUT2D eigenvalue weighted by molar-refractivity contribution is 5.99. The molecule has 46 heavy (non-hydrogen) atoms. The van der Waals surface area contributed by atoms with Crippen LogP contribution in [-0.4, -0.2) is 59.3 Å². The van der Waals surface area contributed by atoms with Crippen molar-refractivity contribution in [2.24, 2.45) is 0 Å². The molecule has 4 aliphatic rings. The van der Waals surface area contributed by atoms with E-state index < -0.39 is 17.9 Å². The average molecular weight is 644 g/mol. The van der Waals surface area contributed by atoms with Gasteiger partial charge in [-0.25, -0.2) is 9.59 Å². The summed E-state index contributed by atoms with van der Waals surface area (Å²) < 4.78 is 66.6. The van der Waals surface area contributed by atoms with Crippen LogP contribution in [0.2, 0.25) is 0 Å². The molecule has 2 saturated heterocycles. The van der Waals surface area contributed by atoms with E-state index in [0.29, 0.717) is 29.9 Å². The topological polar surface area (TPSA) is 112 Å². The molecule has 246 valence electrons. The predicted molar refractivity (Wildman–Crippen MR) is 160 cm³/mol.